The summed E-state index contributed by atoms with van der Waals surface area (Å²) in [6.07, 6.45) is 5.66. The number of methoxy groups -OCH3 is 1. The number of hydrogen-bond donors (Lipinski definition) is 2. The van der Waals surface area contributed by atoms with Gasteiger partial charge in [-0.15, -0.1) is 0 Å². The Balaban J connectivity index is 1.32. The number of carboxylic acids is 1. The molecule has 36 heavy (non-hydrogen) atoms. The predicted molar refractivity (Wildman–Crippen MR) is 142 cm³/mol. The third-order valence-electron chi connectivity index (χ3n) is 7.50. The molecule has 1 aromatic heterocycles. The zero-order chi connectivity index (χ0) is 25.5. The minimum atomic E-state index is -0.769. The normalized spacial score (nSPS) is 18.9. The summed E-state index contributed by atoms with van der Waals surface area (Å²) in [4.78, 5) is 19.0. The lowest BCUT2D eigenvalue weighted by Gasteiger charge is -2.25. The van der Waals surface area contributed by atoms with Gasteiger partial charge >= 0.3 is 5.97 Å². The standard InChI is InChI=1S/C29H41N3O4/c1-29(2,35-3)20-36-26-8-4-6-23(16-26)24(17-27(33)34)19-32-15-13-21(18-32)9-11-25-12-10-22-7-5-14-30-28(22)31-25/h4,6,8,10,12,16,21,24H,5,7,9,11,13-15,17-20H2,1-3H3,(H,30,31)(H,33,34). The molecule has 0 aliphatic carbocycles. The second kappa shape index (κ2) is 12.1. The molecule has 2 aromatic rings. The van der Waals surface area contributed by atoms with Crippen LogP contribution in [0.1, 0.15) is 62.3 Å². The van der Waals surface area contributed by atoms with Crippen molar-refractivity contribution in [3.05, 3.63) is 53.2 Å². The summed E-state index contributed by atoms with van der Waals surface area (Å²) >= 11 is 0. The number of likely N-dealkylation sites (tertiary alicyclic amines) is 1. The van der Waals surface area contributed by atoms with Gasteiger partial charge in [-0.2, -0.15) is 0 Å². The van der Waals surface area contributed by atoms with Crippen LogP contribution in [0.5, 0.6) is 5.75 Å². The number of benzene rings is 1. The molecule has 0 saturated carbocycles. The van der Waals surface area contributed by atoms with Crippen molar-refractivity contribution in [2.45, 2.75) is 63.9 Å². The van der Waals surface area contributed by atoms with E-state index in [2.05, 4.69) is 22.3 Å². The van der Waals surface area contributed by atoms with Crippen molar-refractivity contribution in [2.24, 2.45) is 5.92 Å². The van der Waals surface area contributed by atoms with Gasteiger partial charge in [-0.05, 0) is 87.7 Å². The first-order chi connectivity index (χ1) is 17.3. The molecule has 7 nitrogen and oxygen atoms in total. The Morgan fingerprint density at radius 2 is 2.17 bits per heavy atom. The summed E-state index contributed by atoms with van der Waals surface area (Å²) in [6, 6.07) is 12.3. The van der Waals surface area contributed by atoms with Crippen molar-refractivity contribution < 1.29 is 19.4 Å². The number of pyridine rings is 1. The fourth-order valence-electron chi connectivity index (χ4n) is 5.16. The number of anilines is 1. The summed E-state index contributed by atoms with van der Waals surface area (Å²) < 4.78 is 11.4. The van der Waals surface area contributed by atoms with Gasteiger partial charge in [-0.3, -0.25) is 4.79 Å². The molecule has 7 heteroatoms. The molecule has 0 radical (unpaired) electrons. The number of carbonyl (C=O) groups is 1. The fourth-order valence-corrected chi connectivity index (χ4v) is 5.16. The number of carboxylic acid groups (broad SMARTS) is 1. The van der Waals surface area contributed by atoms with E-state index in [-0.39, 0.29) is 17.9 Å². The van der Waals surface area contributed by atoms with Crippen LogP contribution in [0.25, 0.3) is 0 Å². The molecule has 0 amide bonds. The first-order valence-corrected chi connectivity index (χ1v) is 13.3. The highest BCUT2D eigenvalue weighted by Crippen LogP contribution is 2.29. The molecule has 2 unspecified atom stereocenters. The van der Waals surface area contributed by atoms with Gasteiger partial charge in [0.15, 0.2) is 0 Å². The zero-order valence-electron chi connectivity index (χ0n) is 22.0. The van der Waals surface area contributed by atoms with Gasteiger partial charge in [0.05, 0.1) is 12.0 Å². The molecule has 1 saturated heterocycles. The van der Waals surface area contributed by atoms with E-state index in [0.29, 0.717) is 12.5 Å². The Morgan fingerprint density at radius 3 is 2.97 bits per heavy atom. The minimum absolute atomic E-state index is 0.0753. The van der Waals surface area contributed by atoms with E-state index >= 15 is 0 Å². The van der Waals surface area contributed by atoms with E-state index in [0.717, 1.165) is 69.0 Å². The van der Waals surface area contributed by atoms with Crippen molar-refractivity contribution in [1.29, 1.82) is 0 Å². The monoisotopic (exact) mass is 495 g/mol. The van der Waals surface area contributed by atoms with Gasteiger partial charge in [-0.25, -0.2) is 4.98 Å². The molecule has 0 spiro atoms. The smallest absolute Gasteiger partial charge is 0.304 e. The fraction of sp³-hybridized carbons (Fsp3) is 0.586. The molecule has 2 aliphatic heterocycles. The summed E-state index contributed by atoms with van der Waals surface area (Å²) in [6.45, 7) is 8.17. The average Bonchev–Trinajstić information content (AvgIpc) is 3.33. The maximum absolute atomic E-state index is 11.7. The molecule has 0 bridgehead atoms. The van der Waals surface area contributed by atoms with Crippen LogP contribution in [0, 0.1) is 5.92 Å². The van der Waals surface area contributed by atoms with Crippen LogP contribution >= 0.6 is 0 Å². The van der Waals surface area contributed by atoms with Crippen LogP contribution < -0.4 is 10.1 Å². The van der Waals surface area contributed by atoms with Gasteiger partial charge < -0.3 is 24.8 Å². The number of aliphatic carboxylic acids is 1. The van der Waals surface area contributed by atoms with Crippen molar-refractivity contribution in [2.75, 3.05) is 45.2 Å². The van der Waals surface area contributed by atoms with Gasteiger partial charge in [0.1, 0.15) is 18.2 Å². The predicted octanol–water partition coefficient (Wildman–Crippen LogP) is 4.76. The van der Waals surface area contributed by atoms with E-state index in [4.69, 9.17) is 14.5 Å². The van der Waals surface area contributed by atoms with Gasteiger partial charge in [0, 0.05) is 38.4 Å². The first-order valence-electron chi connectivity index (χ1n) is 13.3. The molecule has 196 valence electrons. The molecular weight excluding hydrogens is 454 g/mol. The maximum atomic E-state index is 11.7. The van der Waals surface area contributed by atoms with Crippen LogP contribution in [-0.4, -0.2) is 66.5 Å². The quantitative estimate of drug-likeness (QED) is 0.439. The van der Waals surface area contributed by atoms with E-state index in [1.165, 1.54) is 17.7 Å². The third kappa shape index (κ3) is 7.43. The molecular formula is C29H41N3O4. The lowest BCUT2D eigenvalue weighted by atomic mass is 9.94. The number of hydrogen-bond acceptors (Lipinski definition) is 6. The Kier molecular flexibility index (Phi) is 8.86. The van der Waals surface area contributed by atoms with Gasteiger partial charge in [0.2, 0.25) is 0 Å². The highest BCUT2D eigenvalue weighted by atomic mass is 16.5. The molecule has 1 fully saturated rings. The molecule has 2 N–H and O–H groups in total. The van der Waals surface area contributed by atoms with Crippen molar-refractivity contribution in [3.63, 3.8) is 0 Å². The van der Waals surface area contributed by atoms with Crippen LogP contribution in [0.4, 0.5) is 5.82 Å². The van der Waals surface area contributed by atoms with Gasteiger partial charge in [0.25, 0.3) is 0 Å². The molecule has 2 aliphatic rings. The van der Waals surface area contributed by atoms with E-state index in [9.17, 15) is 9.90 Å². The van der Waals surface area contributed by atoms with E-state index < -0.39 is 5.97 Å². The lowest BCUT2D eigenvalue weighted by molar-refractivity contribution is -0.137. The van der Waals surface area contributed by atoms with Crippen LogP contribution in [0.3, 0.4) is 0 Å². The molecule has 2 atom stereocenters. The number of aryl methyl sites for hydroxylation is 2. The molecule has 4 rings (SSSR count). The Morgan fingerprint density at radius 1 is 1.31 bits per heavy atom. The lowest BCUT2D eigenvalue weighted by Crippen LogP contribution is -2.31. The van der Waals surface area contributed by atoms with Gasteiger partial charge in [-0.1, -0.05) is 18.2 Å². The minimum Gasteiger partial charge on any atom is -0.491 e. The highest BCUT2D eigenvalue weighted by Gasteiger charge is 2.27. The van der Waals surface area contributed by atoms with E-state index in [1.54, 1.807) is 7.11 Å². The molecule has 1 aromatic carbocycles. The number of fused-ring (bicyclic) bond motifs is 1. The number of nitrogens with zero attached hydrogens (tertiary/aromatic N) is 2. The Labute approximate surface area is 215 Å². The highest BCUT2D eigenvalue weighted by molar-refractivity contribution is 5.68. The number of aromatic nitrogens is 1. The largest absolute Gasteiger partial charge is 0.491 e. The molecule has 3 heterocycles. The topological polar surface area (TPSA) is 83.9 Å². The number of nitrogens with one attached hydrogen (secondary N) is 1. The zero-order valence-corrected chi connectivity index (χ0v) is 22.0. The third-order valence-corrected chi connectivity index (χ3v) is 7.50. The summed E-state index contributed by atoms with van der Waals surface area (Å²) in [5.41, 5.74) is 3.13. The van der Waals surface area contributed by atoms with E-state index in [1.807, 2.05) is 38.1 Å². The van der Waals surface area contributed by atoms with Crippen LogP contribution in [0.2, 0.25) is 0 Å². The SMILES string of the molecule is COC(C)(C)COc1cccc(C(CC(=O)O)CN2CCC(CCc3ccc4c(n3)NCCC4)C2)c1. The second-order valence-corrected chi connectivity index (χ2v) is 10.9. The average molecular weight is 496 g/mol. The summed E-state index contributed by atoms with van der Waals surface area (Å²) in [7, 11) is 1.67. The Hall–Kier alpha value is -2.64. The van der Waals surface area contributed by atoms with Crippen molar-refractivity contribution in [1.82, 2.24) is 9.88 Å². The van der Waals surface area contributed by atoms with Crippen molar-refractivity contribution in [3.8, 4) is 5.75 Å². The number of rotatable bonds is 12. The maximum Gasteiger partial charge on any atom is 0.304 e. The van der Waals surface area contributed by atoms with Crippen molar-refractivity contribution >= 4 is 11.8 Å². The first kappa shape index (κ1) is 26.4. The Bertz CT molecular complexity index is 1030. The summed E-state index contributed by atoms with van der Waals surface area (Å²) in [5, 5.41) is 13.0. The summed E-state index contributed by atoms with van der Waals surface area (Å²) in [5.74, 6) is 1.59. The van der Waals surface area contributed by atoms with Crippen LogP contribution in [0.15, 0.2) is 36.4 Å². The van der Waals surface area contributed by atoms with Crippen LogP contribution in [-0.2, 0) is 22.4 Å². The second-order valence-electron chi connectivity index (χ2n) is 10.9. The number of ether oxygens (including phenoxy) is 2.